The lowest BCUT2D eigenvalue weighted by Crippen LogP contribution is -2.05. The van der Waals surface area contributed by atoms with Gasteiger partial charge in [0, 0.05) is 10.9 Å². The third-order valence-electron chi connectivity index (χ3n) is 2.36. The fourth-order valence-electron chi connectivity index (χ4n) is 1.40. The second-order valence-electron chi connectivity index (χ2n) is 3.84. The van der Waals surface area contributed by atoms with E-state index in [1.807, 2.05) is 72.7 Å². The van der Waals surface area contributed by atoms with Crippen LogP contribution < -0.4 is 5.63 Å². The molecule has 0 amide bonds. The Hall–Kier alpha value is -1.57. The van der Waals surface area contributed by atoms with Crippen molar-refractivity contribution in [2.75, 3.05) is 0 Å². The molecule has 1 heterocycles. The van der Waals surface area contributed by atoms with Gasteiger partial charge in [-0.05, 0) is 25.5 Å². The molecule has 1 aromatic carbocycles. The predicted molar refractivity (Wildman–Crippen MR) is 102 cm³/mol. The van der Waals surface area contributed by atoms with Crippen LogP contribution in [-0.4, -0.2) is 0 Å². The Morgan fingerprint density at radius 1 is 0.818 bits per heavy atom. The molecule has 1 aromatic heterocycles. The second-order valence-corrected chi connectivity index (χ2v) is 3.84. The van der Waals surface area contributed by atoms with E-state index in [2.05, 4.69) is 13.8 Å². The second kappa shape index (κ2) is 17.5. The average molecular weight is 309 g/mol. The summed E-state index contributed by atoms with van der Waals surface area (Å²) < 4.78 is 5.12. The molecule has 0 atom stereocenters. The first-order valence-electron chi connectivity index (χ1n) is 8.60. The Kier molecular flexibility index (Phi) is 20.2. The van der Waals surface area contributed by atoms with Gasteiger partial charge in [0.1, 0.15) is 5.58 Å². The number of aryl methyl sites for hydroxylation is 1. The van der Waals surface area contributed by atoms with E-state index in [0.29, 0.717) is 11.1 Å². The molecule has 2 rings (SSSR count). The molecule has 0 spiro atoms. The minimum Gasteiger partial charge on any atom is -0.423 e. The molecule has 0 saturated carbocycles. The van der Waals surface area contributed by atoms with Crippen molar-refractivity contribution in [1.82, 2.24) is 0 Å². The van der Waals surface area contributed by atoms with Gasteiger partial charge < -0.3 is 4.42 Å². The van der Waals surface area contributed by atoms with Crippen molar-refractivity contribution in [3.05, 3.63) is 45.8 Å². The first-order chi connectivity index (χ1) is 10.6. The topological polar surface area (TPSA) is 30.2 Å². The highest BCUT2D eigenvalue weighted by molar-refractivity contribution is 5.80. The highest BCUT2D eigenvalue weighted by Crippen LogP contribution is 2.17. The van der Waals surface area contributed by atoms with E-state index < -0.39 is 0 Å². The summed E-state index contributed by atoms with van der Waals surface area (Å²) in [5, 5.41) is 1.01. The molecule has 0 bridgehead atoms. The van der Waals surface area contributed by atoms with Gasteiger partial charge >= 0.3 is 5.63 Å². The fraction of sp³-hybridized carbons (Fsp3) is 0.550. The number of rotatable bonds is 0. The van der Waals surface area contributed by atoms with Crippen molar-refractivity contribution < 1.29 is 4.42 Å². The minimum atomic E-state index is -0.240. The van der Waals surface area contributed by atoms with E-state index in [1.165, 1.54) is 6.42 Å². The Labute approximate surface area is 137 Å². The van der Waals surface area contributed by atoms with Crippen molar-refractivity contribution >= 4 is 11.0 Å². The smallest absolute Gasteiger partial charge is 0.339 e. The van der Waals surface area contributed by atoms with Gasteiger partial charge in [0.2, 0.25) is 0 Å². The average Bonchev–Trinajstić information content (AvgIpc) is 2.59. The van der Waals surface area contributed by atoms with Crippen LogP contribution in [0.15, 0.2) is 33.5 Å². The van der Waals surface area contributed by atoms with Gasteiger partial charge in [0.25, 0.3) is 0 Å². The maximum absolute atomic E-state index is 11.3. The summed E-state index contributed by atoms with van der Waals surface area (Å²) in [6.07, 6.45) is 1.25. The lowest BCUT2D eigenvalue weighted by Gasteiger charge is -2.02. The molecule has 2 aromatic rings. The lowest BCUT2D eigenvalue weighted by molar-refractivity contribution is 0.553. The number of hydrogen-bond donors (Lipinski definition) is 0. The summed E-state index contributed by atoms with van der Waals surface area (Å²) in [7, 11) is 0. The van der Waals surface area contributed by atoms with E-state index in [0.717, 1.165) is 10.9 Å². The highest BCUT2D eigenvalue weighted by Gasteiger charge is 2.05. The molecule has 0 radical (unpaired) electrons. The van der Waals surface area contributed by atoms with Gasteiger partial charge in [-0.1, -0.05) is 80.0 Å². The summed E-state index contributed by atoms with van der Waals surface area (Å²) in [6, 6.07) is 7.57. The highest BCUT2D eigenvalue weighted by atomic mass is 16.4. The maximum atomic E-state index is 11.3. The molecule has 0 unspecified atom stereocenters. The van der Waals surface area contributed by atoms with E-state index in [9.17, 15) is 4.79 Å². The number of fused-ring (bicyclic) bond motifs is 1. The summed E-state index contributed by atoms with van der Waals surface area (Å²) in [5.74, 6) is 0. The van der Waals surface area contributed by atoms with E-state index >= 15 is 0 Å². The molecule has 128 valence electrons. The molecule has 22 heavy (non-hydrogen) atoms. The van der Waals surface area contributed by atoms with Crippen molar-refractivity contribution in [3.8, 4) is 0 Å². The van der Waals surface area contributed by atoms with Gasteiger partial charge in [-0.25, -0.2) is 4.79 Å². The van der Waals surface area contributed by atoms with Crippen LogP contribution >= 0.6 is 0 Å². The van der Waals surface area contributed by atoms with Crippen LogP contribution in [0, 0.1) is 13.8 Å². The molecule has 2 nitrogen and oxygen atoms in total. The molecule has 0 aliphatic heterocycles. The largest absolute Gasteiger partial charge is 0.423 e. The third kappa shape index (κ3) is 8.66. The normalized spacial score (nSPS) is 7.91. The van der Waals surface area contributed by atoms with Crippen LogP contribution in [0.1, 0.15) is 72.9 Å². The Bertz CT molecular complexity index is 525. The van der Waals surface area contributed by atoms with Crippen LogP contribution in [0.4, 0.5) is 0 Å². The summed E-state index contributed by atoms with van der Waals surface area (Å²) >= 11 is 0. The summed E-state index contributed by atoms with van der Waals surface area (Å²) in [6.45, 7) is 20.0. The van der Waals surface area contributed by atoms with Gasteiger partial charge in [-0.3, -0.25) is 0 Å². The van der Waals surface area contributed by atoms with Gasteiger partial charge in [0.15, 0.2) is 0 Å². The molecule has 2 heteroatoms. The van der Waals surface area contributed by atoms with E-state index in [1.54, 1.807) is 6.92 Å². The van der Waals surface area contributed by atoms with Crippen LogP contribution in [0.3, 0.4) is 0 Å². The predicted octanol–water partition coefficient (Wildman–Crippen LogP) is 6.90. The molecule has 0 fully saturated rings. The van der Waals surface area contributed by atoms with E-state index in [-0.39, 0.29) is 5.63 Å². The molecular weight excluding hydrogens is 272 g/mol. The first-order valence-corrected chi connectivity index (χ1v) is 8.60. The van der Waals surface area contributed by atoms with Crippen molar-refractivity contribution in [2.45, 2.75) is 75.7 Å². The summed E-state index contributed by atoms with van der Waals surface area (Å²) in [4.78, 5) is 11.3. The van der Waals surface area contributed by atoms with E-state index in [4.69, 9.17) is 4.42 Å². The Morgan fingerprint density at radius 2 is 1.23 bits per heavy atom. The van der Waals surface area contributed by atoms with Gasteiger partial charge in [0.05, 0.1) is 0 Å². The van der Waals surface area contributed by atoms with Gasteiger partial charge in [-0.15, -0.1) is 0 Å². The number of para-hydroxylation sites is 1. The maximum Gasteiger partial charge on any atom is 0.339 e. The third-order valence-corrected chi connectivity index (χ3v) is 2.36. The first kappa shape index (κ1) is 25.4. The van der Waals surface area contributed by atoms with Crippen LogP contribution in [-0.2, 0) is 0 Å². The lowest BCUT2D eigenvalue weighted by atomic mass is 10.1. The fourth-order valence-corrected chi connectivity index (χ4v) is 1.40. The van der Waals surface area contributed by atoms with Crippen molar-refractivity contribution in [3.63, 3.8) is 0 Å². The zero-order valence-corrected chi connectivity index (χ0v) is 16.3. The zero-order valence-electron chi connectivity index (χ0n) is 16.3. The molecule has 0 saturated heterocycles. The van der Waals surface area contributed by atoms with Crippen molar-refractivity contribution in [2.24, 2.45) is 0 Å². The number of hydrogen-bond acceptors (Lipinski definition) is 2. The van der Waals surface area contributed by atoms with Crippen molar-refractivity contribution in [1.29, 1.82) is 0 Å². The van der Waals surface area contributed by atoms with Gasteiger partial charge in [-0.2, -0.15) is 0 Å². The summed E-state index contributed by atoms with van der Waals surface area (Å²) in [5.41, 5.74) is 2.12. The SMILES string of the molecule is CC.CC.CC.CCC.Cc1c(C)c2ccccc2oc1=O. The molecule has 0 N–H and O–H groups in total. The standard InChI is InChI=1S/C11H10O2.C3H8.3C2H6/c1-7-8(2)11(12)13-10-6-4-3-5-9(7)10;1-3-2;3*1-2/h3-6H,1-2H3;3H2,1-2H3;3*1-2H3. The zero-order chi connectivity index (χ0) is 18.1. The quantitative estimate of drug-likeness (QED) is 0.495. The molecule has 0 aliphatic carbocycles. The van der Waals surface area contributed by atoms with Crippen LogP contribution in [0.5, 0.6) is 0 Å². The molecule has 0 aliphatic rings. The molecular formula is C20H36O2. The van der Waals surface area contributed by atoms with Crippen LogP contribution in [0.25, 0.3) is 11.0 Å². The Morgan fingerprint density at radius 3 is 1.68 bits per heavy atom. The monoisotopic (exact) mass is 308 g/mol. The Balaban J connectivity index is -0.000000344. The minimum absolute atomic E-state index is 0.240. The number of benzene rings is 1. The van der Waals surface area contributed by atoms with Crippen LogP contribution in [0.2, 0.25) is 0 Å².